The summed E-state index contributed by atoms with van der Waals surface area (Å²) >= 11 is 6.05. The van der Waals surface area contributed by atoms with Crippen molar-refractivity contribution in [2.24, 2.45) is 0 Å². The highest BCUT2D eigenvalue weighted by molar-refractivity contribution is 7.87. The summed E-state index contributed by atoms with van der Waals surface area (Å²) in [7, 11) is -3.32. The molecule has 0 heterocycles. The molecule has 0 saturated carbocycles. The number of halogens is 1. The summed E-state index contributed by atoms with van der Waals surface area (Å²) < 4.78 is 27.9. The van der Waals surface area contributed by atoms with Crippen LogP contribution in [0.4, 0.5) is 0 Å². The molecule has 0 atom stereocenters. The Labute approximate surface area is 120 Å². The smallest absolute Gasteiger partial charge is 0.202 e. The van der Waals surface area contributed by atoms with Gasteiger partial charge in [-0.25, -0.2) is 9.44 Å². The molecule has 19 heavy (non-hydrogen) atoms. The van der Waals surface area contributed by atoms with Crippen molar-refractivity contribution in [1.29, 1.82) is 0 Å². The molecule has 1 aromatic carbocycles. The summed E-state index contributed by atoms with van der Waals surface area (Å²) in [6, 6.07) is 7.72. The summed E-state index contributed by atoms with van der Waals surface area (Å²) in [5.41, 5.74) is 1.11. The molecule has 0 fully saturated rings. The van der Waals surface area contributed by atoms with Crippen molar-refractivity contribution in [2.45, 2.75) is 32.6 Å². The van der Waals surface area contributed by atoms with Gasteiger partial charge < -0.3 is 0 Å². The predicted octanol–water partition coefficient (Wildman–Crippen LogP) is 2.50. The van der Waals surface area contributed by atoms with Gasteiger partial charge in [-0.2, -0.15) is 8.42 Å². The van der Waals surface area contributed by atoms with E-state index in [0.29, 0.717) is 13.1 Å². The number of unbranched alkanes of at least 4 members (excludes halogenated alkanes) is 1. The second-order valence-corrected chi connectivity index (χ2v) is 6.33. The SMILES string of the molecule is CCCNS(=O)(=O)NCCCCc1ccccc1Cl. The molecule has 0 radical (unpaired) electrons. The van der Waals surface area contributed by atoms with Gasteiger partial charge in [0.2, 0.25) is 0 Å². The lowest BCUT2D eigenvalue weighted by atomic mass is 10.1. The van der Waals surface area contributed by atoms with E-state index in [1.165, 1.54) is 0 Å². The molecule has 0 bridgehead atoms. The van der Waals surface area contributed by atoms with Crippen LogP contribution in [0.1, 0.15) is 31.7 Å². The molecule has 0 amide bonds. The van der Waals surface area contributed by atoms with E-state index >= 15 is 0 Å². The predicted molar refractivity (Wildman–Crippen MR) is 79.6 cm³/mol. The van der Waals surface area contributed by atoms with Crippen LogP contribution in [0.3, 0.4) is 0 Å². The first-order valence-electron chi connectivity index (χ1n) is 6.53. The van der Waals surface area contributed by atoms with Gasteiger partial charge in [0.05, 0.1) is 0 Å². The Bertz CT molecular complexity index is 477. The average Bonchev–Trinajstić information content (AvgIpc) is 2.38. The molecule has 4 nitrogen and oxygen atoms in total. The lowest BCUT2D eigenvalue weighted by Crippen LogP contribution is -2.37. The van der Waals surface area contributed by atoms with Crippen LogP contribution in [-0.4, -0.2) is 21.5 Å². The number of nitrogens with one attached hydrogen (secondary N) is 2. The molecule has 0 aliphatic heterocycles. The Morgan fingerprint density at radius 1 is 1.11 bits per heavy atom. The monoisotopic (exact) mass is 304 g/mol. The fourth-order valence-corrected chi connectivity index (χ4v) is 2.85. The number of aryl methyl sites for hydroxylation is 1. The van der Waals surface area contributed by atoms with Crippen LogP contribution in [0.25, 0.3) is 0 Å². The molecule has 0 aliphatic rings. The van der Waals surface area contributed by atoms with Crippen LogP contribution in [0.5, 0.6) is 0 Å². The van der Waals surface area contributed by atoms with E-state index in [4.69, 9.17) is 11.6 Å². The Balaban J connectivity index is 2.20. The van der Waals surface area contributed by atoms with Crippen molar-refractivity contribution in [1.82, 2.24) is 9.44 Å². The highest BCUT2D eigenvalue weighted by Gasteiger charge is 2.06. The zero-order valence-electron chi connectivity index (χ0n) is 11.2. The van der Waals surface area contributed by atoms with Gasteiger partial charge in [-0.15, -0.1) is 0 Å². The summed E-state index contributed by atoms with van der Waals surface area (Å²) in [6.07, 6.45) is 3.34. The molecular weight excluding hydrogens is 284 g/mol. The van der Waals surface area contributed by atoms with E-state index in [1.807, 2.05) is 31.2 Å². The first-order valence-corrected chi connectivity index (χ1v) is 8.39. The Morgan fingerprint density at radius 3 is 2.47 bits per heavy atom. The normalized spacial score (nSPS) is 11.7. The zero-order valence-corrected chi connectivity index (χ0v) is 12.7. The second kappa shape index (κ2) is 8.53. The fraction of sp³-hybridized carbons (Fsp3) is 0.538. The zero-order chi connectivity index (χ0) is 14.1. The molecule has 0 unspecified atom stereocenters. The summed E-state index contributed by atoms with van der Waals surface area (Å²) in [4.78, 5) is 0. The highest BCUT2D eigenvalue weighted by Crippen LogP contribution is 2.16. The molecule has 6 heteroatoms. The summed E-state index contributed by atoms with van der Waals surface area (Å²) in [6.45, 7) is 2.84. The van der Waals surface area contributed by atoms with E-state index in [0.717, 1.165) is 36.3 Å². The third-order valence-electron chi connectivity index (χ3n) is 2.66. The van der Waals surface area contributed by atoms with Gasteiger partial charge >= 0.3 is 0 Å². The van der Waals surface area contributed by atoms with Gasteiger partial charge in [-0.3, -0.25) is 0 Å². The molecule has 0 aliphatic carbocycles. The fourth-order valence-electron chi connectivity index (χ4n) is 1.64. The van der Waals surface area contributed by atoms with E-state index in [2.05, 4.69) is 9.44 Å². The van der Waals surface area contributed by atoms with Crippen LogP contribution in [0, 0.1) is 0 Å². The molecule has 0 spiro atoms. The maximum atomic E-state index is 11.4. The second-order valence-electron chi connectivity index (χ2n) is 4.34. The van der Waals surface area contributed by atoms with Gasteiger partial charge in [-0.1, -0.05) is 36.7 Å². The summed E-state index contributed by atoms with van der Waals surface area (Å²) in [5.74, 6) is 0. The van der Waals surface area contributed by atoms with Crippen LogP contribution < -0.4 is 9.44 Å². The lowest BCUT2D eigenvalue weighted by molar-refractivity contribution is 0.561. The molecule has 0 saturated heterocycles. The van der Waals surface area contributed by atoms with Gasteiger partial charge in [-0.05, 0) is 37.3 Å². The van der Waals surface area contributed by atoms with Crippen LogP contribution in [0.15, 0.2) is 24.3 Å². The van der Waals surface area contributed by atoms with Gasteiger partial charge in [0.1, 0.15) is 0 Å². The molecule has 1 rings (SSSR count). The molecule has 0 aromatic heterocycles. The van der Waals surface area contributed by atoms with Gasteiger partial charge in [0.15, 0.2) is 0 Å². The molecule has 108 valence electrons. The topological polar surface area (TPSA) is 58.2 Å². The van der Waals surface area contributed by atoms with Crippen molar-refractivity contribution >= 4 is 21.8 Å². The van der Waals surface area contributed by atoms with Crippen LogP contribution >= 0.6 is 11.6 Å². The van der Waals surface area contributed by atoms with Gasteiger partial charge in [0, 0.05) is 18.1 Å². The number of hydrogen-bond donors (Lipinski definition) is 2. The van der Waals surface area contributed by atoms with Crippen molar-refractivity contribution in [3.8, 4) is 0 Å². The quantitative estimate of drug-likeness (QED) is 0.689. The van der Waals surface area contributed by atoms with E-state index in [1.54, 1.807) is 0 Å². The Hall–Kier alpha value is -0.620. The minimum Gasteiger partial charge on any atom is -0.202 e. The number of benzene rings is 1. The third-order valence-corrected chi connectivity index (χ3v) is 4.20. The maximum Gasteiger partial charge on any atom is 0.276 e. The first kappa shape index (κ1) is 16.4. The standard InChI is InChI=1S/C13H21ClN2O2S/c1-2-10-15-19(17,18)16-11-6-5-8-12-7-3-4-9-13(12)14/h3-4,7,9,15-16H,2,5-6,8,10-11H2,1H3. The van der Waals surface area contributed by atoms with Crippen LogP contribution in [-0.2, 0) is 16.6 Å². The molecule has 2 N–H and O–H groups in total. The average molecular weight is 305 g/mol. The number of rotatable bonds is 9. The minimum absolute atomic E-state index is 0.448. The highest BCUT2D eigenvalue weighted by atomic mass is 35.5. The van der Waals surface area contributed by atoms with Crippen molar-refractivity contribution in [3.63, 3.8) is 0 Å². The van der Waals surface area contributed by atoms with E-state index in [-0.39, 0.29) is 0 Å². The minimum atomic E-state index is -3.32. The van der Waals surface area contributed by atoms with Crippen molar-refractivity contribution < 1.29 is 8.42 Å². The lowest BCUT2D eigenvalue weighted by Gasteiger charge is -2.07. The van der Waals surface area contributed by atoms with E-state index in [9.17, 15) is 8.42 Å². The van der Waals surface area contributed by atoms with E-state index < -0.39 is 10.2 Å². The van der Waals surface area contributed by atoms with Crippen molar-refractivity contribution in [2.75, 3.05) is 13.1 Å². The van der Waals surface area contributed by atoms with Crippen molar-refractivity contribution in [3.05, 3.63) is 34.9 Å². The summed E-state index contributed by atoms with van der Waals surface area (Å²) in [5, 5.41) is 0.771. The largest absolute Gasteiger partial charge is 0.276 e. The first-order chi connectivity index (χ1) is 9.05. The maximum absolute atomic E-state index is 11.4. The van der Waals surface area contributed by atoms with Crippen LogP contribution in [0.2, 0.25) is 5.02 Å². The number of hydrogen-bond acceptors (Lipinski definition) is 2. The molecular formula is C13H21ClN2O2S. The third kappa shape index (κ3) is 6.92. The van der Waals surface area contributed by atoms with Gasteiger partial charge in [0.25, 0.3) is 10.2 Å². The Kier molecular flexibility index (Phi) is 7.38. The molecule has 1 aromatic rings. The Morgan fingerprint density at radius 2 is 1.79 bits per heavy atom.